The number of hydrogen-bond donors (Lipinski definition) is 1. The maximum atomic E-state index is 12.7. The molecule has 0 spiro atoms. The van der Waals surface area contributed by atoms with Gasteiger partial charge in [-0.25, -0.2) is 4.98 Å². The van der Waals surface area contributed by atoms with Crippen molar-refractivity contribution in [2.45, 2.75) is 12.2 Å². The van der Waals surface area contributed by atoms with Gasteiger partial charge in [-0.2, -0.15) is 13.2 Å². The van der Waals surface area contributed by atoms with Crippen LogP contribution >= 0.6 is 48.8 Å². The topological polar surface area (TPSA) is 45.2 Å². The predicted octanol–water partition coefficient (Wildman–Crippen LogP) is 3.00. The van der Waals surface area contributed by atoms with E-state index in [0.29, 0.717) is 25.9 Å². The summed E-state index contributed by atoms with van der Waals surface area (Å²) in [5, 5.41) is 2.54. The van der Waals surface area contributed by atoms with Crippen LogP contribution in [0.4, 0.5) is 19.0 Å². The smallest absolute Gasteiger partial charge is 0.344 e. The minimum absolute atomic E-state index is 0. The largest absolute Gasteiger partial charge is 0.434 e. The first-order valence-corrected chi connectivity index (χ1v) is 5.97. The van der Waals surface area contributed by atoms with Gasteiger partial charge in [0.1, 0.15) is 12.1 Å². The Hall–Kier alpha value is -0.470. The minimum atomic E-state index is -4.61. The highest BCUT2D eigenvalue weighted by atomic mass is 35.5. The quantitative estimate of drug-likeness (QED) is 0.772. The van der Waals surface area contributed by atoms with Crippen molar-refractivity contribution in [3.8, 4) is 0 Å². The number of nitrogens with zero attached hydrogens (tertiary/aromatic N) is 2. The number of alkyl halides is 3. The number of aldehydes is 1. The zero-order chi connectivity index (χ0) is 14.0. The monoisotopic (exact) mass is 401 g/mol. The average molecular weight is 403 g/mol. The molecule has 1 aliphatic heterocycles. The van der Waals surface area contributed by atoms with Crippen molar-refractivity contribution in [1.82, 2.24) is 10.3 Å². The number of carbonyl (C=O) groups excluding carboxylic acids is 1. The molecule has 1 aromatic heterocycles. The van der Waals surface area contributed by atoms with Gasteiger partial charge in [0.15, 0.2) is 5.69 Å². The second-order valence-electron chi connectivity index (χ2n) is 4.10. The molecule has 22 heavy (non-hydrogen) atoms. The maximum Gasteiger partial charge on any atom is 0.434 e. The third-order valence-electron chi connectivity index (χ3n) is 2.83. The average Bonchev–Trinajstić information content (AvgIpc) is 2.38. The zero-order valence-corrected chi connectivity index (χ0v) is 14.2. The highest BCUT2D eigenvalue weighted by Crippen LogP contribution is 2.34. The summed E-state index contributed by atoms with van der Waals surface area (Å²) in [6.45, 7) is 1.38. The molecule has 128 valence electrons. The second-order valence-corrected chi connectivity index (χ2v) is 4.51. The van der Waals surface area contributed by atoms with Crippen LogP contribution in [0.1, 0.15) is 5.69 Å². The lowest BCUT2D eigenvalue weighted by atomic mass is 10.2. The molecule has 0 radical (unpaired) electrons. The Morgan fingerprint density at radius 2 is 1.95 bits per heavy atom. The molecule has 1 N–H and O–H groups in total. The van der Waals surface area contributed by atoms with Crippen LogP contribution in [0.2, 0.25) is 5.02 Å². The SMILES string of the molecule is Cl.Cl.Cl.O=CC1CNCCN1c1ccc(Cl)c(C(F)(F)F)n1. The molecule has 11 heteroatoms. The van der Waals surface area contributed by atoms with Crippen LogP contribution in [0.25, 0.3) is 0 Å². The van der Waals surface area contributed by atoms with E-state index in [1.807, 2.05) is 0 Å². The Morgan fingerprint density at radius 3 is 2.50 bits per heavy atom. The fourth-order valence-corrected chi connectivity index (χ4v) is 2.13. The van der Waals surface area contributed by atoms with Crippen LogP contribution in [0.3, 0.4) is 0 Å². The van der Waals surface area contributed by atoms with Gasteiger partial charge in [0, 0.05) is 19.6 Å². The number of nitrogens with one attached hydrogen (secondary N) is 1. The van der Waals surface area contributed by atoms with Crippen LogP contribution in [0, 0.1) is 0 Å². The van der Waals surface area contributed by atoms with E-state index in [-0.39, 0.29) is 43.0 Å². The zero-order valence-electron chi connectivity index (χ0n) is 11.0. The van der Waals surface area contributed by atoms with Gasteiger partial charge in [-0.05, 0) is 12.1 Å². The van der Waals surface area contributed by atoms with E-state index in [1.54, 1.807) is 0 Å². The number of anilines is 1. The molecule has 1 unspecified atom stereocenters. The number of carbonyl (C=O) groups is 1. The van der Waals surface area contributed by atoms with Crippen molar-refractivity contribution in [3.63, 3.8) is 0 Å². The lowest BCUT2D eigenvalue weighted by Crippen LogP contribution is -2.52. The Balaban J connectivity index is 0. The van der Waals surface area contributed by atoms with E-state index in [2.05, 4.69) is 10.3 Å². The third-order valence-corrected chi connectivity index (χ3v) is 3.14. The van der Waals surface area contributed by atoms with Crippen LogP contribution in [0.15, 0.2) is 12.1 Å². The third kappa shape index (κ3) is 5.31. The van der Waals surface area contributed by atoms with Gasteiger partial charge in [0.25, 0.3) is 0 Å². The van der Waals surface area contributed by atoms with Gasteiger partial charge < -0.3 is 15.0 Å². The molecular weight excluding hydrogens is 389 g/mol. The summed E-state index contributed by atoms with van der Waals surface area (Å²) in [5.74, 6) is 0.107. The van der Waals surface area contributed by atoms with Gasteiger partial charge in [0.2, 0.25) is 0 Å². The Morgan fingerprint density at radius 1 is 1.32 bits per heavy atom. The molecule has 1 atom stereocenters. The number of aromatic nitrogens is 1. The first kappa shape index (κ1) is 23.8. The number of halogens is 7. The standard InChI is InChI=1S/C11H11ClF3N3O.3ClH/c12-8-1-2-9(17-10(8)11(13,14)15)18-4-3-16-5-7(18)6-19;;;/h1-2,6-7,16H,3-5H2;3*1H. The molecule has 0 bridgehead atoms. The lowest BCUT2D eigenvalue weighted by Gasteiger charge is -2.34. The Bertz CT molecular complexity index is 490. The molecule has 2 heterocycles. The van der Waals surface area contributed by atoms with Gasteiger partial charge in [-0.1, -0.05) is 11.6 Å². The first-order valence-electron chi connectivity index (χ1n) is 5.60. The second kappa shape index (κ2) is 9.62. The molecule has 0 saturated carbocycles. The van der Waals surface area contributed by atoms with E-state index in [9.17, 15) is 18.0 Å². The summed E-state index contributed by atoms with van der Waals surface area (Å²) in [7, 11) is 0. The van der Waals surface area contributed by atoms with Crippen LogP contribution in [-0.4, -0.2) is 36.9 Å². The van der Waals surface area contributed by atoms with E-state index >= 15 is 0 Å². The molecule has 1 aliphatic rings. The highest BCUT2D eigenvalue weighted by molar-refractivity contribution is 6.31. The summed E-state index contributed by atoms with van der Waals surface area (Å²) in [6, 6.07) is 2.01. The Kier molecular flexibility index (Phi) is 10.4. The summed E-state index contributed by atoms with van der Waals surface area (Å²) in [4.78, 5) is 16.0. The number of hydrogen-bond acceptors (Lipinski definition) is 4. The number of piperazine rings is 1. The minimum Gasteiger partial charge on any atom is -0.344 e. The molecule has 1 fully saturated rings. The normalized spacial score (nSPS) is 17.6. The molecule has 1 aromatic rings. The summed E-state index contributed by atoms with van der Waals surface area (Å²) >= 11 is 5.51. The molecule has 4 nitrogen and oxygen atoms in total. The van der Waals surface area contributed by atoms with E-state index in [0.717, 1.165) is 6.07 Å². The first-order chi connectivity index (χ1) is 8.93. The number of pyridine rings is 1. The summed E-state index contributed by atoms with van der Waals surface area (Å²) < 4.78 is 38.2. The number of rotatable bonds is 2. The van der Waals surface area contributed by atoms with E-state index in [4.69, 9.17) is 11.6 Å². The van der Waals surface area contributed by atoms with Crippen molar-refractivity contribution >= 4 is 60.9 Å². The van der Waals surface area contributed by atoms with Gasteiger partial charge >= 0.3 is 6.18 Å². The van der Waals surface area contributed by atoms with Gasteiger partial charge in [-0.3, -0.25) is 0 Å². The molecule has 0 aromatic carbocycles. The summed E-state index contributed by atoms with van der Waals surface area (Å²) in [5.41, 5.74) is -1.13. The van der Waals surface area contributed by atoms with Crippen LogP contribution in [-0.2, 0) is 11.0 Å². The van der Waals surface area contributed by atoms with Gasteiger partial charge in [-0.15, -0.1) is 37.2 Å². The fourth-order valence-electron chi connectivity index (χ4n) is 1.92. The van der Waals surface area contributed by atoms with Crippen LogP contribution < -0.4 is 10.2 Å². The molecule has 0 amide bonds. The molecule has 2 rings (SSSR count). The van der Waals surface area contributed by atoms with E-state index in [1.165, 1.54) is 11.0 Å². The Labute approximate surface area is 149 Å². The molecule has 1 saturated heterocycles. The maximum absolute atomic E-state index is 12.7. The van der Waals surface area contributed by atoms with Crippen molar-refractivity contribution in [2.75, 3.05) is 24.5 Å². The van der Waals surface area contributed by atoms with E-state index < -0.39 is 22.9 Å². The van der Waals surface area contributed by atoms with Crippen molar-refractivity contribution in [1.29, 1.82) is 0 Å². The van der Waals surface area contributed by atoms with Gasteiger partial charge in [0.05, 0.1) is 11.1 Å². The highest BCUT2D eigenvalue weighted by Gasteiger charge is 2.36. The van der Waals surface area contributed by atoms with Crippen molar-refractivity contribution in [3.05, 3.63) is 22.8 Å². The van der Waals surface area contributed by atoms with Crippen molar-refractivity contribution in [2.24, 2.45) is 0 Å². The van der Waals surface area contributed by atoms with Crippen LogP contribution in [0.5, 0.6) is 0 Å². The lowest BCUT2D eigenvalue weighted by molar-refractivity contribution is -0.141. The molecule has 0 aliphatic carbocycles. The van der Waals surface area contributed by atoms with Crippen molar-refractivity contribution < 1.29 is 18.0 Å². The predicted molar refractivity (Wildman–Crippen MR) is 86.1 cm³/mol. The summed E-state index contributed by atoms with van der Waals surface area (Å²) in [6.07, 6.45) is -3.92. The molecular formula is C11H14Cl4F3N3O. The fraction of sp³-hybridized carbons (Fsp3) is 0.455.